The first-order valence-electron chi connectivity index (χ1n) is 10.5. The smallest absolute Gasteiger partial charge is 0.251 e. The highest BCUT2D eigenvalue weighted by molar-refractivity contribution is 5.94. The molecule has 158 valence electrons. The Hall–Kier alpha value is -2.70. The van der Waals surface area contributed by atoms with Crippen molar-refractivity contribution in [1.29, 1.82) is 0 Å². The van der Waals surface area contributed by atoms with Crippen LogP contribution in [0.5, 0.6) is 0 Å². The number of fused-ring (bicyclic) bond motifs is 1. The first-order valence-corrected chi connectivity index (χ1v) is 10.5. The summed E-state index contributed by atoms with van der Waals surface area (Å²) in [7, 11) is 0. The topological polar surface area (TPSA) is 59.4 Å². The average molecular weight is 407 g/mol. The van der Waals surface area contributed by atoms with E-state index < -0.39 is 0 Å². The first-order chi connectivity index (χ1) is 14.3. The highest BCUT2D eigenvalue weighted by Gasteiger charge is 2.33. The molecule has 4 rings (SSSR count). The number of imidazole rings is 1. The lowest BCUT2D eigenvalue weighted by Crippen LogP contribution is -2.58. The molecule has 0 bridgehead atoms. The van der Waals surface area contributed by atoms with Crippen LogP contribution < -0.4 is 5.32 Å². The van der Waals surface area contributed by atoms with Gasteiger partial charge in [-0.05, 0) is 64.1 Å². The van der Waals surface area contributed by atoms with Crippen LogP contribution >= 0.6 is 0 Å². The summed E-state index contributed by atoms with van der Waals surface area (Å²) in [4.78, 5) is 19.6. The number of morpholine rings is 1. The van der Waals surface area contributed by atoms with Crippen LogP contribution in [0.4, 0.5) is 0 Å². The van der Waals surface area contributed by atoms with Crippen LogP contribution in [0.1, 0.15) is 38.1 Å². The van der Waals surface area contributed by atoms with Gasteiger partial charge in [0.05, 0.1) is 23.2 Å². The maximum atomic E-state index is 12.7. The van der Waals surface area contributed by atoms with Gasteiger partial charge in [-0.2, -0.15) is 0 Å². The molecule has 0 radical (unpaired) electrons. The number of carbonyl (C=O) groups excluding carboxylic acids is 1. The normalized spacial score (nSPS) is 20.4. The Labute approximate surface area is 177 Å². The second-order valence-corrected chi connectivity index (χ2v) is 8.81. The number of para-hydroxylation sites is 2. The molecule has 1 fully saturated rings. The highest BCUT2D eigenvalue weighted by Crippen LogP contribution is 2.21. The minimum absolute atomic E-state index is 0.0560. The third-order valence-corrected chi connectivity index (χ3v) is 5.82. The van der Waals surface area contributed by atoms with Gasteiger partial charge < -0.3 is 10.1 Å². The summed E-state index contributed by atoms with van der Waals surface area (Å²) in [6.45, 7) is 10.9. The lowest BCUT2D eigenvalue weighted by molar-refractivity contribution is -0.0948. The van der Waals surface area contributed by atoms with Crippen LogP contribution in [0.3, 0.4) is 0 Å². The van der Waals surface area contributed by atoms with E-state index in [9.17, 15) is 4.79 Å². The molecule has 0 unspecified atom stereocenters. The fourth-order valence-electron chi connectivity index (χ4n) is 4.12. The van der Waals surface area contributed by atoms with Gasteiger partial charge in [-0.25, -0.2) is 4.98 Å². The van der Waals surface area contributed by atoms with E-state index in [4.69, 9.17) is 4.74 Å². The second-order valence-electron chi connectivity index (χ2n) is 8.81. The molecule has 0 saturated carbocycles. The number of benzene rings is 2. The summed E-state index contributed by atoms with van der Waals surface area (Å²) in [5.74, 6) is -0.0560. The van der Waals surface area contributed by atoms with E-state index in [1.54, 1.807) is 0 Å². The number of rotatable bonds is 5. The van der Waals surface area contributed by atoms with Crippen LogP contribution in [0.15, 0.2) is 54.9 Å². The van der Waals surface area contributed by atoms with Crippen molar-refractivity contribution in [2.24, 2.45) is 0 Å². The quantitative estimate of drug-likeness (QED) is 0.703. The first kappa shape index (κ1) is 20.6. The Morgan fingerprint density at radius 1 is 1.10 bits per heavy atom. The number of hydrogen-bond donors (Lipinski definition) is 1. The SMILES string of the molecule is C[C@@H]1CN(C(C)(C)CNC(=O)c2ccc(-n3cnc4ccccc43)cc2)C[C@H](C)O1. The van der Waals surface area contributed by atoms with Crippen LogP contribution in [0.25, 0.3) is 16.7 Å². The summed E-state index contributed by atoms with van der Waals surface area (Å²) in [5, 5.41) is 3.11. The molecule has 30 heavy (non-hydrogen) atoms. The zero-order chi connectivity index (χ0) is 21.3. The number of carbonyl (C=O) groups is 1. The molecule has 2 heterocycles. The van der Waals surface area contributed by atoms with Gasteiger partial charge in [0.1, 0.15) is 6.33 Å². The van der Waals surface area contributed by atoms with E-state index in [1.807, 2.05) is 59.4 Å². The summed E-state index contributed by atoms with van der Waals surface area (Å²) in [5.41, 5.74) is 3.50. The number of amides is 1. The monoisotopic (exact) mass is 406 g/mol. The van der Waals surface area contributed by atoms with Crippen molar-refractivity contribution in [2.45, 2.75) is 45.4 Å². The molecule has 3 aromatic rings. The van der Waals surface area contributed by atoms with Crippen LogP contribution in [0, 0.1) is 0 Å². The molecular weight excluding hydrogens is 376 g/mol. The molecule has 1 N–H and O–H groups in total. The van der Waals surface area contributed by atoms with E-state index in [0.29, 0.717) is 12.1 Å². The van der Waals surface area contributed by atoms with Gasteiger partial charge in [0.25, 0.3) is 5.91 Å². The van der Waals surface area contributed by atoms with Gasteiger partial charge in [0.15, 0.2) is 0 Å². The van der Waals surface area contributed by atoms with Crippen molar-refractivity contribution in [3.05, 3.63) is 60.4 Å². The molecule has 1 aliphatic rings. The molecule has 1 amide bonds. The molecule has 2 atom stereocenters. The van der Waals surface area contributed by atoms with Gasteiger partial charge in [-0.15, -0.1) is 0 Å². The number of nitrogens with one attached hydrogen (secondary N) is 1. The largest absolute Gasteiger partial charge is 0.373 e. The molecule has 1 saturated heterocycles. The zero-order valence-corrected chi connectivity index (χ0v) is 18.1. The third kappa shape index (κ3) is 4.25. The van der Waals surface area contributed by atoms with Crippen molar-refractivity contribution < 1.29 is 9.53 Å². The third-order valence-electron chi connectivity index (χ3n) is 5.82. The molecule has 2 aromatic carbocycles. The summed E-state index contributed by atoms with van der Waals surface area (Å²) in [6.07, 6.45) is 2.22. The minimum atomic E-state index is -0.141. The number of nitrogens with zero attached hydrogens (tertiary/aromatic N) is 3. The van der Waals surface area contributed by atoms with Crippen molar-refractivity contribution in [2.75, 3.05) is 19.6 Å². The molecular formula is C24H30N4O2. The van der Waals surface area contributed by atoms with Crippen molar-refractivity contribution in [3.8, 4) is 5.69 Å². The molecule has 6 heteroatoms. The average Bonchev–Trinajstić information content (AvgIpc) is 3.16. The predicted octanol–water partition coefficient (Wildman–Crippen LogP) is 3.64. The molecule has 1 aromatic heterocycles. The lowest BCUT2D eigenvalue weighted by Gasteiger charge is -2.45. The van der Waals surface area contributed by atoms with Gasteiger partial charge in [-0.3, -0.25) is 14.3 Å². The lowest BCUT2D eigenvalue weighted by atomic mass is 10.00. The summed E-state index contributed by atoms with van der Waals surface area (Å²) >= 11 is 0. The van der Waals surface area contributed by atoms with Crippen molar-refractivity contribution in [1.82, 2.24) is 19.8 Å². The summed E-state index contributed by atoms with van der Waals surface area (Å²) < 4.78 is 7.87. The number of ether oxygens (including phenoxy) is 1. The van der Waals surface area contributed by atoms with Crippen molar-refractivity contribution >= 4 is 16.9 Å². The van der Waals surface area contributed by atoms with E-state index in [1.165, 1.54) is 0 Å². The van der Waals surface area contributed by atoms with Crippen LogP contribution in [-0.4, -0.2) is 57.7 Å². The Kier molecular flexibility index (Phi) is 5.62. The zero-order valence-electron chi connectivity index (χ0n) is 18.1. The Morgan fingerprint density at radius 2 is 1.77 bits per heavy atom. The summed E-state index contributed by atoms with van der Waals surface area (Å²) in [6, 6.07) is 15.7. The van der Waals surface area contributed by atoms with E-state index in [0.717, 1.165) is 29.8 Å². The fraction of sp³-hybridized carbons (Fsp3) is 0.417. The standard InChI is InChI=1S/C24H30N4O2/c1-17-13-27(14-18(2)30-17)24(3,4)15-25-23(29)19-9-11-20(12-10-19)28-16-26-21-7-5-6-8-22(21)28/h5-12,16-18H,13-15H2,1-4H3,(H,25,29)/t17-,18+. The highest BCUT2D eigenvalue weighted by atomic mass is 16.5. The van der Waals surface area contributed by atoms with E-state index in [-0.39, 0.29) is 23.7 Å². The van der Waals surface area contributed by atoms with E-state index >= 15 is 0 Å². The molecule has 0 spiro atoms. The fourth-order valence-corrected chi connectivity index (χ4v) is 4.12. The maximum absolute atomic E-state index is 12.7. The Morgan fingerprint density at radius 3 is 2.47 bits per heavy atom. The molecule has 1 aliphatic heterocycles. The Balaban J connectivity index is 1.41. The van der Waals surface area contributed by atoms with Gasteiger partial charge >= 0.3 is 0 Å². The maximum Gasteiger partial charge on any atom is 0.251 e. The number of hydrogen-bond acceptors (Lipinski definition) is 4. The van der Waals surface area contributed by atoms with E-state index in [2.05, 4.69) is 42.9 Å². The Bertz CT molecular complexity index is 1020. The van der Waals surface area contributed by atoms with Crippen LogP contribution in [-0.2, 0) is 4.74 Å². The predicted molar refractivity (Wildman–Crippen MR) is 119 cm³/mol. The van der Waals surface area contributed by atoms with Crippen LogP contribution in [0.2, 0.25) is 0 Å². The van der Waals surface area contributed by atoms with Gasteiger partial charge in [-0.1, -0.05) is 12.1 Å². The second kappa shape index (κ2) is 8.20. The van der Waals surface area contributed by atoms with Gasteiger partial charge in [0.2, 0.25) is 0 Å². The van der Waals surface area contributed by atoms with Crippen molar-refractivity contribution in [3.63, 3.8) is 0 Å². The number of aromatic nitrogens is 2. The minimum Gasteiger partial charge on any atom is -0.373 e. The van der Waals surface area contributed by atoms with Gasteiger partial charge in [0, 0.05) is 36.4 Å². The molecule has 0 aliphatic carbocycles. The molecule has 6 nitrogen and oxygen atoms in total.